The molecule has 2 unspecified atom stereocenters. The molecular weight excluding hydrogens is 298 g/mol. The van der Waals surface area contributed by atoms with E-state index >= 15 is 0 Å². The highest BCUT2D eigenvalue weighted by Crippen LogP contribution is 2.20. The van der Waals surface area contributed by atoms with Crippen LogP contribution in [0, 0.1) is 11.6 Å². The molecule has 3 N–H and O–H groups in total. The minimum atomic E-state index is -4.16. The quantitative estimate of drug-likeness (QED) is 0.779. The van der Waals surface area contributed by atoms with Crippen molar-refractivity contribution in [2.45, 2.75) is 17.1 Å². The minimum Gasteiger partial charge on any atom is -0.396 e. The third-order valence-electron chi connectivity index (χ3n) is 2.47. The van der Waals surface area contributed by atoms with E-state index in [1.54, 1.807) is 6.92 Å². The first kappa shape index (κ1) is 16.0. The lowest BCUT2D eigenvalue weighted by Crippen LogP contribution is -2.33. The minimum absolute atomic E-state index is 0.123. The normalized spacial score (nSPS) is 15.2. The Kier molecular flexibility index (Phi) is 4.99. The van der Waals surface area contributed by atoms with Gasteiger partial charge >= 0.3 is 0 Å². The summed E-state index contributed by atoms with van der Waals surface area (Å²) in [5, 5.41) is -0.435. The first-order valence-electron chi connectivity index (χ1n) is 5.21. The van der Waals surface area contributed by atoms with Crippen LogP contribution in [0.4, 0.5) is 14.5 Å². The number of halogens is 2. The molecular formula is C10H14F2N2O3S2. The molecule has 0 amide bonds. The van der Waals surface area contributed by atoms with Crippen molar-refractivity contribution < 1.29 is 21.4 Å². The van der Waals surface area contributed by atoms with E-state index in [1.807, 2.05) is 0 Å². The van der Waals surface area contributed by atoms with Crippen molar-refractivity contribution >= 4 is 26.5 Å². The van der Waals surface area contributed by atoms with E-state index in [1.165, 1.54) is 6.26 Å². The predicted molar refractivity (Wildman–Crippen MR) is 69.5 cm³/mol. The first-order valence-corrected chi connectivity index (χ1v) is 8.32. The van der Waals surface area contributed by atoms with E-state index in [0.717, 1.165) is 0 Å². The molecule has 0 spiro atoms. The van der Waals surface area contributed by atoms with E-state index < -0.39 is 48.3 Å². The van der Waals surface area contributed by atoms with Crippen LogP contribution < -0.4 is 10.5 Å². The summed E-state index contributed by atoms with van der Waals surface area (Å²) >= 11 is 0. The van der Waals surface area contributed by atoms with Gasteiger partial charge in [0.05, 0.1) is 5.69 Å². The Hall–Kier alpha value is -1.06. The molecule has 1 aromatic rings. The highest BCUT2D eigenvalue weighted by atomic mass is 32.2. The van der Waals surface area contributed by atoms with Gasteiger partial charge in [-0.05, 0) is 13.0 Å². The smallest absolute Gasteiger partial charge is 0.243 e. The van der Waals surface area contributed by atoms with Crippen LogP contribution >= 0.6 is 0 Å². The molecule has 9 heteroatoms. The fourth-order valence-electron chi connectivity index (χ4n) is 1.17. The van der Waals surface area contributed by atoms with Crippen molar-refractivity contribution in [2.24, 2.45) is 0 Å². The second kappa shape index (κ2) is 5.93. The zero-order chi connectivity index (χ0) is 14.8. The van der Waals surface area contributed by atoms with E-state index in [-0.39, 0.29) is 6.54 Å². The zero-order valence-electron chi connectivity index (χ0n) is 10.3. The molecule has 0 fully saturated rings. The highest BCUT2D eigenvalue weighted by Gasteiger charge is 2.22. The van der Waals surface area contributed by atoms with Crippen molar-refractivity contribution in [1.82, 2.24) is 4.72 Å². The number of hydrogen-bond acceptors (Lipinski definition) is 4. The Morgan fingerprint density at radius 1 is 1.37 bits per heavy atom. The maximum absolute atomic E-state index is 13.4. The molecule has 1 rings (SSSR count). The van der Waals surface area contributed by atoms with Gasteiger partial charge in [0, 0.05) is 34.9 Å². The Balaban J connectivity index is 3.01. The van der Waals surface area contributed by atoms with Gasteiger partial charge in [-0.25, -0.2) is 21.9 Å². The molecule has 0 saturated heterocycles. The summed E-state index contributed by atoms with van der Waals surface area (Å²) in [5.41, 5.74) is 4.74. The van der Waals surface area contributed by atoms with Crippen LogP contribution in [-0.2, 0) is 20.8 Å². The number of anilines is 1. The molecule has 0 aromatic heterocycles. The van der Waals surface area contributed by atoms with Gasteiger partial charge in [-0.3, -0.25) is 4.21 Å². The van der Waals surface area contributed by atoms with Crippen molar-refractivity contribution in [1.29, 1.82) is 0 Å². The summed E-state index contributed by atoms with van der Waals surface area (Å²) in [7, 11) is -5.39. The number of rotatable bonds is 5. The Labute approximate surface area is 112 Å². The molecule has 2 atom stereocenters. The van der Waals surface area contributed by atoms with Crippen LogP contribution in [0.25, 0.3) is 0 Å². The summed E-state index contributed by atoms with van der Waals surface area (Å²) in [6.45, 7) is 1.45. The first-order chi connectivity index (χ1) is 8.65. The van der Waals surface area contributed by atoms with Crippen molar-refractivity contribution in [2.75, 3.05) is 18.5 Å². The SMILES string of the molecule is CC(CNS(=O)(=O)c1cc(N)c(F)cc1F)S(C)=O. The molecule has 5 nitrogen and oxygen atoms in total. The summed E-state index contributed by atoms with van der Waals surface area (Å²) < 4.78 is 63.2. The van der Waals surface area contributed by atoms with Crippen LogP contribution in [0.3, 0.4) is 0 Å². The number of nitrogens with one attached hydrogen (secondary N) is 1. The van der Waals surface area contributed by atoms with E-state index in [2.05, 4.69) is 4.72 Å². The lowest BCUT2D eigenvalue weighted by atomic mass is 10.3. The third-order valence-corrected chi connectivity index (χ3v) is 5.21. The number of hydrogen-bond donors (Lipinski definition) is 2. The van der Waals surface area contributed by atoms with Gasteiger partial charge in [-0.15, -0.1) is 0 Å². The van der Waals surface area contributed by atoms with Crippen molar-refractivity contribution in [3.8, 4) is 0 Å². The second-order valence-corrected chi connectivity index (χ2v) is 7.50. The largest absolute Gasteiger partial charge is 0.396 e. The van der Waals surface area contributed by atoms with Crippen LogP contribution in [-0.4, -0.2) is 30.7 Å². The molecule has 0 heterocycles. The maximum atomic E-state index is 13.4. The van der Waals surface area contributed by atoms with Gasteiger partial charge in [-0.1, -0.05) is 0 Å². The van der Waals surface area contributed by atoms with E-state index in [4.69, 9.17) is 5.73 Å². The van der Waals surface area contributed by atoms with Crippen LogP contribution in [0.15, 0.2) is 17.0 Å². The summed E-state index contributed by atoms with van der Waals surface area (Å²) in [6.07, 6.45) is 1.43. The Bertz CT molecular complexity index is 605. The van der Waals surface area contributed by atoms with Gasteiger partial charge < -0.3 is 5.73 Å². The number of benzene rings is 1. The van der Waals surface area contributed by atoms with Crippen LogP contribution in [0.5, 0.6) is 0 Å². The van der Waals surface area contributed by atoms with Gasteiger partial charge in [0.1, 0.15) is 16.5 Å². The average Bonchev–Trinajstić information content (AvgIpc) is 2.30. The molecule has 1 aromatic carbocycles. The fourth-order valence-corrected chi connectivity index (χ4v) is 2.82. The highest BCUT2D eigenvalue weighted by molar-refractivity contribution is 7.89. The lowest BCUT2D eigenvalue weighted by Gasteiger charge is -2.11. The van der Waals surface area contributed by atoms with Gasteiger partial charge in [0.15, 0.2) is 0 Å². The molecule has 0 radical (unpaired) electrons. The second-order valence-electron chi connectivity index (χ2n) is 3.97. The Morgan fingerprint density at radius 3 is 2.47 bits per heavy atom. The average molecular weight is 312 g/mol. The topological polar surface area (TPSA) is 89.3 Å². The molecule has 0 saturated carbocycles. The van der Waals surface area contributed by atoms with Crippen LogP contribution in [0.1, 0.15) is 6.92 Å². The molecule has 0 aliphatic carbocycles. The summed E-state index contributed by atoms with van der Waals surface area (Å²) in [4.78, 5) is -0.736. The zero-order valence-corrected chi connectivity index (χ0v) is 11.9. The summed E-state index contributed by atoms with van der Waals surface area (Å²) in [5.74, 6) is -2.26. The van der Waals surface area contributed by atoms with E-state index in [9.17, 15) is 21.4 Å². The van der Waals surface area contributed by atoms with E-state index in [0.29, 0.717) is 12.1 Å². The maximum Gasteiger partial charge on any atom is 0.243 e. The third kappa shape index (κ3) is 3.95. The van der Waals surface area contributed by atoms with Crippen molar-refractivity contribution in [3.63, 3.8) is 0 Å². The van der Waals surface area contributed by atoms with Gasteiger partial charge in [-0.2, -0.15) is 0 Å². The van der Waals surface area contributed by atoms with Gasteiger partial charge in [0.2, 0.25) is 10.0 Å². The number of sulfonamides is 1. The predicted octanol–water partition coefficient (Wildman–Crippen LogP) is 0.592. The number of nitrogen functional groups attached to an aromatic ring is 1. The van der Waals surface area contributed by atoms with Crippen LogP contribution in [0.2, 0.25) is 0 Å². The monoisotopic (exact) mass is 312 g/mol. The molecule has 108 valence electrons. The van der Waals surface area contributed by atoms with Gasteiger partial charge in [0.25, 0.3) is 0 Å². The summed E-state index contributed by atoms with van der Waals surface area (Å²) in [6, 6.07) is 1.12. The molecule has 0 bridgehead atoms. The fraction of sp³-hybridized carbons (Fsp3) is 0.400. The lowest BCUT2D eigenvalue weighted by molar-refractivity contribution is 0.544. The molecule has 0 aliphatic heterocycles. The molecule has 19 heavy (non-hydrogen) atoms. The standard InChI is InChI=1S/C10H14F2N2O3S2/c1-6(18(2)15)5-14-19(16,17)10-4-9(13)7(11)3-8(10)12/h3-4,6,14H,5,13H2,1-2H3. The Morgan fingerprint density at radius 2 is 1.95 bits per heavy atom. The number of nitrogens with two attached hydrogens (primary N) is 1. The van der Waals surface area contributed by atoms with Crippen molar-refractivity contribution in [3.05, 3.63) is 23.8 Å². The molecule has 0 aliphatic rings.